The van der Waals surface area contributed by atoms with Gasteiger partial charge in [0, 0.05) is 0 Å². The van der Waals surface area contributed by atoms with Crippen LogP contribution in [0.15, 0.2) is 42.5 Å². The molecule has 2 rings (SSSR count). The van der Waals surface area contributed by atoms with Crippen molar-refractivity contribution in [3.63, 3.8) is 0 Å². The molecule has 0 saturated carbocycles. The number of carbonyl (C=O) groups excluding carboxylic acids is 1. The molecule has 1 heterocycles. The quantitative estimate of drug-likeness (QED) is 0.473. The van der Waals surface area contributed by atoms with Crippen molar-refractivity contribution < 1.29 is 14.0 Å². The van der Waals surface area contributed by atoms with Crippen molar-refractivity contribution in [3.05, 3.63) is 48.0 Å². The number of hydrogen-bond donors (Lipinski definition) is 0. The van der Waals surface area contributed by atoms with Crippen LogP contribution < -0.4 is 0 Å². The van der Waals surface area contributed by atoms with Crippen LogP contribution in [0.3, 0.4) is 0 Å². The van der Waals surface area contributed by atoms with Gasteiger partial charge in [-0.2, -0.15) is 0 Å². The maximum absolute atomic E-state index is 13.0. The number of hydrogen-bond acceptors (Lipinski definition) is 3. The van der Waals surface area contributed by atoms with E-state index in [0.717, 1.165) is 5.56 Å². The molecule has 2 atom stereocenters. The van der Waals surface area contributed by atoms with Crippen molar-refractivity contribution in [2.24, 2.45) is 0 Å². The van der Waals surface area contributed by atoms with Crippen LogP contribution in [0.25, 0.3) is 0 Å². The first-order valence-electron chi connectivity index (χ1n) is 9.70. The van der Waals surface area contributed by atoms with Crippen LogP contribution in [0.4, 0.5) is 4.79 Å². The van der Waals surface area contributed by atoms with Crippen LogP contribution in [0.5, 0.6) is 0 Å². The second-order valence-electron chi connectivity index (χ2n) is 9.77. The zero-order chi connectivity index (χ0) is 20.5. The first-order valence-corrected chi connectivity index (χ1v) is 12.6. The summed E-state index contributed by atoms with van der Waals surface area (Å²) in [6, 6.07) is 9.81. The topological polar surface area (TPSA) is 38.8 Å². The van der Waals surface area contributed by atoms with Crippen molar-refractivity contribution in [1.29, 1.82) is 0 Å². The standard InChI is InChI=1S/C22H35NO3Si/c1-21(2,3)26-20(24)23-18(16-25-27(7,8)22(4,5)6)14-15-19(23)17-12-10-9-11-13-17/h9-15,18-19H,16H2,1-8H3/t18-,19+/m0/s1. The molecule has 4 nitrogen and oxygen atoms in total. The van der Waals surface area contributed by atoms with Gasteiger partial charge in [-0.15, -0.1) is 0 Å². The van der Waals surface area contributed by atoms with Gasteiger partial charge in [0.05, 0.1) is 18.7 Å². The molecular formula is C22H35NO3Si. The molecule has 1 aromatic rings. The lowest BCUT2D eigenvalue weighted by molar-refractivity contribution is 0.0120. The van der Waals surface area contributed by atoms with Gasteiger partial charge in [-0.25, -0.2) is 4.79 Å². The molecule has 1 amide bonds. The van der Waals surface area contributed by atoms with E-state index in [2.05, 4.69) is 46.0 Å². The van der Waals surface area contributed by atoms with Crippen molar-refractivity contribution in [2.75, 3.05) is 6.61 Å². The fraction of sp³-hybridized carbons (Fsp3) is 0.591. The van der Waals surface area contributed by atoms with E-state index in [9.17, 15) is 4.79 Å². The number of benzene rings is 1. The lowest BCUT2D eigenvalue weighted by Gasteiger charge is -2.39. The Bertz CT molecular complexity index is 671. The van der Waals surface area contributed by atoms with Crippen molar-refractivity contribution in [3.8, 4) is 0 Å². The fourth-order valence-corrected chi connectivity index (χ4v) is 3.78. The van der Waals surface area contributed by atoms with Crippen LogP contribution in [0, 0.1) is 0 Å². The lowest BCUT2D eigenvalue weighted by Crippen LogP contribution is -2.47. The Labute approximate surface area is 165 Å². The summed E-state index contributed by atoms with van der Waals surface area (Å²) in [5.41, 5.74) is 0.542. The molecule has 1 aliphatic rings. The second-order valence-corrected chi connectivity index (χ2v) is 14.6. The molecule has 150 valence electrons. The van der Waals surface area contributed by atoms with Crippen LogP contribution >= 0.6 is 0 Å². The zero-order valence-corrected chi connectivity index (χ0v) is 19.1. The molecule has 0 bridgehead atoms. The minimum atomic E-state index is -1.90. The largest absolute Gasteiger partial charge is 0.444 e. The summed E-state index contributed by atoms with van der Waals surface area (Å²) in [5.74, 6) is 0. The lowest BCUT2D eigenvalue weighted by atomic mass is 10.1. The molecule has 27 heavy (non-hydrogen) atoms. The zero-order valence-electron chi connectivity index (χ0n) is 18.1. The number of rotatable bonds is 4. The Morgan fingerprint density at radius 2 is 1.63 bits per heavy atom. The smallest absolute Gasteiger partial charge is 0.411 e. The molecule has 5 heteroatoms. The van der Waals surface area contributed by atoms with Crippen LogP contribution in [0.2, 0.25) is 18.1 Å². The normalized spacial score (nSPS) is 20.8. The van der Waals surface area contributed by atoms with E-state index in [1.54, 1.807) is 0 Å². The summed E-state index contributed by atoms with van der Waals surface area (Å²) < 4.78 is 12.1. The van der Waals surface area contributed by atoms with E-state index < -0.39 is 13.9 Å². The summed E-state index contributed by atoms with van der Waals surface area (Å²) in [7, 11) is -1.90. The molecule has 1 aromatic carbocycles. The highest BCUT2D eigenvalue weighted by molar-refractivity contribution is 6.74. The average Bonchev–Trinajstić information content (AvgIpc) is 2.95. The first kappa shape index (κ1) is 21.7. The maximum Gasteiger partial charge on any atom is 0.411 e. The average molecular weight is 390 g/mol. The predicted molar refractivity (Wildman–Crippen MR) is 113 cm³/mol. The minimum absolute atomic E-state index is 0.126. The molecule has 1 aliphatic heterocycles. The highest BCUT2D eigenvalue weighted by atomic mass is 28.4. The summed E-state index contributed by atoms with van der Waals surface area (Å²) in [6.45, 7) is 17.3. The number of ether oxygens (including phenoxy) is 1. The molecule has 0 fully saturated rings. The third kappa shape index (κ3) is 5.45. The van der Waals surface area contributed by atoms with Gasteiger partial charge in [-0.05, 0) is 44.5 Å². The highest BCUT2D eigenvalue weighted by Gasteiger charge is 2.41. The number of carbonyl (C=O) groups is 1. The van der Waals surface area contributed by atoms with E-state index in [-0.39, 0.29) is 23.2 Å². The third-order valence-corrected chi connectivity index (χ3v) is 9.84. The van der Waals surface area contributed by atoms with Crippen molar-refractivity contribution in [1.82, 2.24) is 4.90 Å². The van der Waals surface area contributed by atoms with E-state index in [1.807, 2.05) is 56.0 Å². The molecule has 0 aromatic heterocycles. The summed E-state index contributed by atoms with van der Waals surface area (Å²) in [5, 5.41) is 0.130. The SMILES string of the molecule is CC(C)(C)OC(=O)N1[C@@H](c2ccccc2)C=C[C@H]1CO[Si](C)(C)C(C)(C)C. The molecule has 0 unspecified atom stereocenters. The molecule has 0 saturated heterocycles. The summed E-state index contributed by atoms with van der Waals surface area (Å²) >= 11 is 0. The number of nitrogens with zero attached hydrogens (tertiary/aromatic N) is 1. The molecule has 0 N–H and O–H groups in total. The summed E-state index contributed by atoms with van der Waals surface area (Å²) in [6.07, 6.45) is 3.86. The first-order chi connectivity index (χ1) is 12.3. The molecule has 0 aliphatic carbocycles. The van der Waals surface area contributed by atoms with E-state index in [4.69, 9.17) is 9.16 Å². The highest BCUT2D eigenvalue weighted by Crippen LogP contribution is 2.38. The molecule has 0 spiro atoms. The maximum atomic E-state index is 13.0. The van der Waals surface area contributed by atoms with Gasteiger partial charge < -0.3 is 9.16 Å². The Morgan fingerprint density at radius 3 is 2.15 bits per heavy atom. The Hall–Kier alpha value is -1.59. The predicted octanol–water partition coefficient (Wildman–Crippen LogP) is 5.93. The van der Waals surface area contributed by atoms with Crippen LogP contribution in [-0.2, 0) is 9.16 Å². The van der Waals surface area contributed by atoms with Crippen molar-refractivity contribution >= 4 is 14.4 Å². The summed E-state index contributed by atoms with van der Waals surface area (Å²) in [4.78, 5) is 14.8. The van der Waals surface area contributed by atoms with Crippen molar-refractivity contribution in [2.45, 2.75) is 77.4 Å². The van der Waals surface area contributed by atoms with Gasteiger partial charge in [0.1, 0.15) is 5.60 Å². The minimum Gasteiger partial charge on any atom is -0.444 e. The third-order valence-electron chi connectivity index (χ3n) is 5.34. The Kier molecular flexibility index (Phi) is 6.27. The van der Waals surface area contributed by atoms with E-state index in [1.165, 1.54) is 0 Å². The monoisotopic (exact) mass is 389 g/mol. The van der Waals surface area contributed by atoms with E-state index >= 15 is 0 Å². The van der Waals surface area contributed by atoms with Crippen LogP contribution in [0.1, 0.15) is 53.1 Å². The van der Waals surface area contributed by atoms with Gasteiger partial charge in [0.15, 0.2) is 8.32 Å². The van der Waals surface area contributed by atoms with Gasteiger partial charge in [0.25, 0.3) is 0 Å². The van der Waals surface area contributed by atoms with E-state index in [0.29, 0.717) is 6.61 Å². The fourth-order valence-electron chi connectivity index (χ4n) is 2.76. The van der Waals surface area contributed by atoms with Gasteiger partial charge >= 0.3 is 6.09 Å². The number of amides is 1. The second kappa shape index (κ2) is 7.80. The van der Waals surface area contributed by atoms with Crippen LogP contribution in [-0.4, -0.2) is 37.6 Å². The van der Waals surface area contributed by atoms with Gasteiger partial charge in [-0.3, -0.25) is 4.90 Å². The molecular weight excluding hydrogens is 354 g/mol. The van der Waals surface area contributed by atoms with Gasteiger partial charge in [-0.1, -0.05) is 63.3 Å². The molecule has 0 radical (unpaired) electrons. The van der Waals surface area contributed by atoms with Gasteiger partial charge in [0.2, 0.25) is 0 Å². The Balaban J connectivity index is 2.23. The Morgan fingerprint density at radius 1 is 1.04 bits per heavy atom.